The Hall–Kier alpha value is -0.340. The number of hydrogen-bond acceptors (Lipinski definition) is 1. The number of benzene rings is 1. The molecule has 1 aromatic carbocycles. The Morgan fingerprint density at radius 1 is 1.21 bits per heavy atom. The van der Waals surface area contributed by atoms with Crippen LogP contribution in [0.4, 0.5) is 0 Å². The zero-order valence-electron chi connectivity index (χ0n) is 8.96. The average Bonchev–Trinajstić information content (AvgIpc) is 2.15. The fraction of sp³-hybridized carbons (Fsp3) is 0.500. The lowest BCUT2D eigenvalue weighted by Crippen LogP contribution is -2.09. The Morgan fingerprint density at radius 2 is 1.79 bits per heavy atom. The second kappa shape index (κ2) is 5.52. The first kappa shape index (κ1) is 11.7. The van der Waals surface area contributed by atoms with E-state index in [0.717, 1.165) is 10.9 Å². The van der Waals surface area contributed by atoms with E-state index in [1.165, 1.54) is 5.56 Å². The van der Waals surface area contributed by atoms with Crippen molar-refractivity contribution in [2.24, 2.45) is 0 Å². The van der Waals surface area contributed by atoms with Gasteiger partial charge in [0.05, 0.1) is 12.2 Å². The van der Waals surface area contributed by atoms with Crippen LogP contribution in [0.3, 0.4) is 0 Å². The van der Waals surface area contributed by atoms with Crippen molar-refractivity contribution in [2.45, 2.75) is 39.4 Å². The number of rotatable bonds is 4. The second-order valence-electron chi connectivity index (χ2n) is 3.63. The molecule has 1 atom stereocenters. The second-order valence-corrected chi connectivity index (χ2v) is 4.55. The van der Waals surface area contributed by atoms with Gasteiger partial charge in [0.15, 0.2) is 0 Å². The van der Waals surface area contributed by atoms with Gasteiger partial charge in [0.25, 0.3) is 0 Å². The van der Waals surface area contributed by atoms with Crippen molar-refractivity contribution in [3.05, 3.63) is 34.3 Å². The van der Waals surface area contributed by atoms with Gasteiger partial charge in [0.2, 0.25) is 0 Å². The van der Waals surface area contributed by atoms with E-state index in [0.29, 0.717) is 0 Å². The van der Waals surface area contributed by atoms with E-state index >= 15 is 0 Å². The van der Waals surface area contributed by atoms with Gasteiger partial charge >= 0.3 is 0 Å². The molecule has 0 aliphatic heterocycles. The van der Waals surface area contributed by atoms with E-state index in [1.807, 2.05) is 0 Å². The number of ether oxygens (including phenoxy) is 1. The molecule has 1 rings (SSSR count). The molecular formula is C12H17BrO. The van der Waals surface area contributed by atoms with Crippen LogP contribution < -0.4 is 0 Å². The van der Waals surface area contributed by atoms with Crippen LogP contribution in [0.5, 0.6) is 0 Å². The van der Waals surface area contributed by atoms with Gasteiger partial charge in [0, 0.05) is 4.47 Å². The van der Waals surface area contributed by atoms with Crippen LogP contribution in [0.2, 0.25) is 0 Å². The predicted octanol–water partition coefficient (Wildman–Crippen LogP) is 4.33. The summed E-state index contributed by atoms with van der Waals surface area (Å²) in [6.45, 7) is 6.29. The van der Waals surface area contributed by atoms with Gasteiger partial charge in [-0.15, -0.1) is 0 Å². The molecule has 0 unspecified atom stereocenters. The lowest BCUT2D eigenvalue weighted by molar-refractivity contribution is 0.00448. The number of halogens is 1. The highest BCUT2D eigenvalue weighted by atomic mass is 79.9. The molecule has 0 fully saturated rings. The van der Waals surface area contributed by atoms with E-state index in [2.05, 4.69) is 61.0 Å². The minimum atomic E-state index is 0.225. The average molecular weight is 257 g/mol. The van der Waals surface area contributed by atoms with Crippen LogP contribution >= 0.6 is 15.9 Å². The van der Waals surface area contributed by atoms with Crippen molar-refractivity contribution in [3.63, 3.8) is 0 Å². The Morgan fingerprint density at radius 3 is 2.21 bits per heavy atom. The van der Waals surface area contributed by atoms with Crippen LogP contribution in [-0.2, 0) is 4.74 Å². The first-order valence-corrected chi connectivity index (χ1v) is 5.83. The van der Waals surface area contributed by atoms with Crippen LogP contribution in [-0.4, -0.2) is 6.10 Å². The fourth-order valence-corrected chi connectivity index (χ4v) is 1.68. The minimum absolute atomic E-state index is 0.225. The standard InChI is InChI=1S/C12H17BrO/c1-4-12(14-9(2)3)10-5-7-11(13)8-6-10/h5-9,12H,4H2,1-3H3/t12-/m0/s1. The van der Waals surface area contributed by atoms with Gasteiger partial charge < -0.3 is 4.74 Å². The third-order valence-corrected chi connectivity index (χ3v) is 2.58. The van der Waals surface area contributed by atoms with E-state index < -0.39 is 0 Å². The lowest BCUT2D eigenvalue weighted by atomic mass is 10.1. The van der Waals surface area contributed by atoms with E-state index in [-0.39, 0.29) is 12.2 Å². The van der Waals surface area contributed by atoms with Crippen molar-refractivity contribution >= 4 is 15.9 Å². The maximum absolute atomic E-state index is 5.81. The summed E-state index contributed by atoms with van der Waals surface area (Å²) in [6, 6.07) is 8.34. The van der Waals surface area contributed by atoms with E-state index in [9.17, 15) is 0 Å². The van der Waals surface area contributed by atoms with Crippen LogP contribution in [0.1, 0.15) is 38.9 Å². The maximum atomic E-state index is 5.81. The largest absolute Gasteiger partial charge is 0.371 e. The molecule has 2 heteroatoms. The molecule has 0 amide bonds. The Labute approximate surface area is 94.6 Å². The van der Waals surface area contributed by atoms with Gasteiger partial charge in [-0.3, -0.25) is 0 Å². The van der Waals surface area contributed by atoms with Crippen LogP contribution in [0.15, 0.2) is 28.7 Å². The maximum Gasteiger partial charge on any atom is 0.0825 e. The van der Waals surface area contributed by atoms with Crippen LogP contribution in [0.25, 0.3) is 0 Å². The Kier molecular flexibility index (Phi) is 4.63. The highest BCUT2D eigenvalue weighted by Gasteiger charge is 2.10. The Balaban J connectivity index is 2.73. The zero-order chi connectivity index (χ0) is 10.6. The molecule has 0 spiro atoms. The SMILES string of the molecule is CC[C@H](OC(C)C)c1ccc(Br)cc1. The Bertz CT molecular complexity index is 266. The quantitative estimate of drug-likeness (QED) is 0.780. The first-order chi connectivity index (χ1) is 6.63. The molecule has 78 valence electrons. The van der Waals surface area contributed by atoms with Crippen molar-refractivity contribution in [2.75, 3.05) is 0 Å². The highest BCUT2D eigenvalue weighted by molar-refractivity contribution is 9.10. The van der Waals surface area contributed by atoms with Crippen LogP contribution in [0, 0.1) is 0 Å². The molecule has 0 radical (unpaired) electrons. The summed E-state index contributed by atoms with van der Waals surface area (Å²) < 4.78 is 6.92. The summed E-state index contributed by atoms with van der Waals surface area (Å²) in [5, 5.41) is 0. The van der Waals surface area contributed by atoms with Gasteiger partial charge in [-0.1, -0.05) is 35.0 Å². The molecule has 14 heavy (non-hydrogen) atoms. The molecule has 0 aromatic heterocycles. The van der Waals surface area contributed by atoms with Gasteiger partial charge in [-0.25, -0.2) is 0 Å². The molecule has 0 saturated heterocycles. The number of hydrogen-bond donors (Lipinski definition) is 0. The monoisotopic (exact) mass is 256 g/mol. The highest BCUT2D eigenvalue weighted by Crippen LogP contribution is 2.23. The molecule has 1 nitrogen and oxygen atoms in total. The van der Waals surface area contributed by atoms with Gasteiger partial charge in [-0.2, -0.15) is 0 Å². The summed E-state index contributed by atoms with van der Waals surface area (Å²) in [6.07, 6.45) is 1.52. The molecule has 0 bridgehead atoms. The smallest absolute Gasteiger partial charge is 0.0825 e. The van der Waals surface area contributed by atoms with Crippen molar-refractivity contribution in [1.29, 1.82) is 0 Å². The summed E-state index contributed by atoms with van der Waals surface area (Å²) in [4.78, 5) is 0. The lowest BCUT2D eigenvalue weighted by Gasteiger charge is -2.19. The third-order valence-electron chi connectivity index (χ3n) is 2.05. The minimum Gasteiger partial charge on any atom is -0.371 e. The fourth-order valence-electron chi connectivity index (χ4n) is 1.42. The van der Waals surface area contributed by atoms with Gasteiger partial charge in [-0.05, 0) is 38.0 Å². The molecular weight excluding hydrogens is 240 g/mol. The van der Waals surface area contributed by atoms with Crippen molar-refractivity contribution in [1.82, 2.24) is 0 Å². The molecule has 0 aliphatic rings. The summed E-state index contributed by atoms with van der Waals surface area (Å²) in [7, 11) is 0. The van der Waals surface area contributed by atoms with E-state index in [4.69, 9.17) is 4.74 Å². The molecule has 1 aromatic rings. The predicted molar refractivity (Wildman–Crippen MR) is 63.4 cm³/mol. The molecule has 0 heterocycles. The molecule has 0 aliphatic carbocycles. The summed E-state index contributed by atoms with van der Waals surface area (Å²) in [5.41, 5.74) is 1.25. The van der Waals surface area contributed by atoms with Crippen molar-refractivity contribution in [3.8, 4) is 0 Å². The zero-order valence-corrected chi connectivity index (χ0v) is 10.5. The first-order valence-electron chi connectivity index (χ1n) is 5.04. The topological polar surface area (TPSA) is 9.23 Å². The van der Waals surface area contributed by atoms with Gasteiger partial charge in [0.1, 0.15) is 0 Å². The van der Waals surface area contributed by atoms with Crippen molar-refractivity contribution < 1.29 is 4.74 Å². The molecule has 0 N–H and O–H groups in total. The van der Waals surface area contributed by atoms with E-state index in [1.54, 1.807) is 0 Å². The third kappa shape index (κ3) is 3.43. The molecule has 0 saturated carbocycles. The summed E-state index contributed by atoms with van der Waals surface area (Å²) >= 11 is 3.43. The summed E-state index contributed by atoms with van der Waals surface area (Å²) in [5.74, 6) is 0. The normalized spacial score (nSPS) is 13.2.